The van der Waals surface area contributed by atoms with E-state index in [0.29, 0.717) is 0 Å². The fourth-order valence-electron chi connectivity index (χ4n) is 2.81. The van der Waals surface area contributed by atoms with E-state index in [4.69, 9.17) is 16.6 Å². The molecule has 1 heterocycles. The van der Waals surface area contributed by atoms with Crippen LogP contribution in [0.4, 0.5) is 0 Å². The van der Waals surface area contributed by atoms with Crippen LogP contribution >= 0.6 is 0 Å². The second kappa shape index (κ2) is 9.69. The number of aromatic amines is 1. The second-order valence-corrected chi connectivity index (χ2v) is 6.80. The molecule has 1 aromatic heterocycles. The highest BCUT2D eigenvalue weighted by molar-refractivity contribution is 5.93. The molecule has 2 aromatic rings. The Hall–Kier alpha value is -3.40. The fraction of sp³-hybridized carbons (Fsp3) is 0.368. The largest absolute Gasteiger partial charge is 0.480 e. The highest BCUT2D eigenvalue weighted by atomic mass is 16.4. The van der Waals surface area contributed by atoms with Crippen LogP contribution in [0.3, 0.4) is 0 Å². The summed E-state index contributed by atoms with van der Waals surface area (Å²) in [6, 6.07) is 4.24. The van der Waals surface area contributed by atoms with Gasteiger partial charge in [-0.3, -0.25) is 19.2 Å². The number of H-pyrrole nitrogens is 1. The summed E-state index contributed by atoms with van der Waals surface area (Å²) in [6.45, 7) is 1.32. The average Bonchev–Trinajstić information content (AvgIpc) is 3.08. The summed E-state index contributed by atoms with van der Waals surface area (Å²) in [5.41, 5.74) is 12.5. The number of benzene rings is 1. The number of carbonyl (C=O) groups excluding carboxylic acids is 3. The van der Waals surface area contributed by atoms with Crippen molar-refractivity contribution >= 4 is 34.6 Å². The Morgan fingerprint density at radius 3 is 2.48 bits per heavy atom. The summed E-state index contributed by atoms with van der Waals surface area (Å²) in [5.74, 6) is -3.07. The van der Waals surface area contributed by atoms with E-state index in [9.17, 15) is 19.2 Å². The van der Waals surface area contributed by atoms with Crippen molar-refractivity contribution in [2.24, 2.45) is 11.5 Å². The smallest absolute Gasteiger partial charge is 0.325 e. The number of rotatable bonds is 10. The van der Waals surface area contributed by atoms with Gasteiger partial charge in [0.2, 0.25) is 17.7 Å². The molecule has 0 unspecified atom stereocenters. The number of amides is 3. The Morgan fingerprint density at radius 2 is 1.83 bits per heavy atom. The predicted octanol–water partition coefficient (Wildman–Crippen LogP) is -0.623. The summed E-state index contributed by atoms with van der Waals surface area (Å²) >= 11 is 0. The van der Waals surface area contributed by atoms with Gasteiger partial charge in [0, 0.05) is 29.9 Å². The van der Waals surface area contributed by atoms with Gasteiger partial charge < -0.3 is 32.2 Å². The molecule has 0 bridgehead atoms. The van der Waals surface area contributed by atoms with Gasteiger partial charge in [0.1, 0.15) is 12.1 Å². The zero-order chi connectivity index (χ0) is 21.6. The van der Waals surface area contributed by atoms with Gasteiger partial charge in [0.05, 0.1) is 6.04 Å². The van der Waals surface area contributed by atoms with E-state index < -0.39 is 41.8 Å². The molecular formula is C19H25N5O5. The average molecular weight is 403 g/mol. The Labute approximate surface area is 167 Å². The first-order chi connectivity index (χ1) is 13.7. The number of hydrogen-bond acceptors (Lipinski definition) is 5. The number of carboxylic acid groups (broad SMARTS) is 1. The van der Waals surface area contributed by atoms with Crippen molar-refractivity contribution in [2.45, 2.75) is 44.3 Å². The lowest BCUT2D eigenvalue weighted by Crippen LogP contribution is -2.54. The molecule has 0 aliphatic carbocycles. The van der Waals surface area contributed by atoms with E-state index in [1.165, 1.54) is 6.92 Å². The van der Waals surface area contributed by atoms with Gasteiger partial charge in [-0.15, -0.1) is 0 Å². The van der Waals surface area contributed by atoms with E-state index in [1.807, 2.05) is 24.3 Å². The van der Waals surface area contributed by atoms with Crippen LogP contribution < -0.4 is 22.1 Å². The number of para-hydroxylation sites is 1. The molecule has 10 heteroatoms. The minimum absolute atomic E-state index is 0.0358. The molecule has 2 rings (SSSR count). The predicted molar refractivity (Wildman–Crippen MR) is 106 cm³/mol. The number of aromatic nitrogens is 1. The molecule has 156 valence electrons. The van der Waals surface area contributed by atoms with E-state index in [0.717, 1.165) is 16.5 Å². The van der Waals surface area contributed by atoms with Crippen molar-refractivity contribution < 1.29 is 24.3 Å². The summed E-state index contributed by atoms with van der Waals surface area (Å²) in [7, 11) is 0. The first-order valence-electron chi connectivity index (χ1n) is 9.11. The molecule has 0 spiro atoms. The maximum Gasteiger partial charge on any atom is 0.325 e. The Morgan fingerprint density at radius 1 is 1.14 bits per heavy atom. The van der Waals surface area contributed by atoms with Gasteiger partial charge in [-0.2, -0.15) is 0 Å². The normalized spacial score (nSPS) is 14.0. The minimum atomic E-state index is -1.20. The van der Waals surface area contributed by atoms with Crippen molar-refractivity contribution in [3.63, 3.8) is 0 Å². The first-order valence-corrected chi connectivity index (χ1v) is 9.11. The SMILES string of the molecule is C[C@H](NC(=O)[C@H](Cc1c[nH]c2ccccc12)NC(=O)[C@@H](N)CCC(N)=O)C(=O)O. The maximum atomic E-state index is 12.6. The Bertz CT molecular complexity index is 909. The highest BCUT2D eigenvalue weighted by Crippen LogP contribution is 2.19. The number of fused-ring (bicyclic) bond motifs is 1. The molecule has 0 aliphatic rings. The van der Waals surface area contributed by atoms with Crippen LogP contribution in [-0.2, 0) is 25.6 Å². The summed E-state index contributed by atoms with van der Waals surface area (Å²) in [4.78, 5) is 50.1. The summed E-state index contributed by atoms with van der Waals surface area (Å²) in [6.07, 6.45) is 1.82. The lowest BCUT2D eigenvalue weighted by Gasteiger charge is -2.21. The molecule has 0 saturated carbocycles. The molecule has 3 atom stereocenters. The van der Waals surface area contributed by atoms with Gasteiger partial charge in [0.25, 0.3) is 0 Å². The third-order valence-corrected chi connectivity index (χ3v) is 4.50. The van der Waals surface area contributed by atoms with Crippen LogP contribution in [0.25, 0.3) is 10.9 Å². The van der Waals surface area contributed by atoms with Crippen LogP contribution in [-0.4, -0.2) is 51.9 Å². The Balaban J connectivity index is 2.18. The minimum Gasteiger partial charge on any atom is -0.480 e. The van der Waals surface area contributed by atoms with E-state index in [2.05, 4.69) is 15.6 Å². The van der Waals surface area contributed by atoms with Crippen molar-refractivity contribution in [2.75, 3.05) is 0 Å². The van der Waals surface area contributed by atoms with Crippen LogP contribution in [0.15, 0.2) is 30.5 Å². The van der Waals surface area contributed by atoms with Crippen LogP contribution in [0.2, 0.25) is 0 Å². The van der Waals surface area contributed by atoms with Gasteiger partial charge in [-0.1, -0.05) is 18.2 Å². The monoisotopic (exact) mass is 403 g/mol. The second-order valence-electron chi connectivity index (χ2n) is 6.80. The van der Waals surface area contributed by atoms with Crippen molar-refractivity contribution in [1.29, 1.82) is 0 Å². The molecule has 1 aromatic carbocycles. The van der Waals surface area contributed by atoms with Crippen LogP contribution in [0.1, 0.15) is 25.3 Å². The molecule has 0 fully saturated rings. The van der Waals surface area contributed by atoms with Crippen LogP contribution in [0.5, 0.6) is 0 Å². The topological polar surface area (TPSA) is 180 Å². The number of carboxylic acids is 1. The number of primary amides is 1. The van der Waals surface area contributed by atoms with Gasteiger partial charge in [0.15, 0.2) is 0 Å². The number of nitrogens with two attached hydrogens (primary N) is 2. The maximum absolute atomic E-state index is 12.6. The highest BCUT2D eigenvalue weighted by Gasteiger charge is 2.27. The van der Waals surface area contributed by atoms with Crippen molar-refractivity contribution in [3.05, 3.63) is 36.0 Å². The van der Waals surface area contributed by atoms with Crippen molar-refractivity contribution in [3.8, 4) is 0 Å². The lowest BCUT2D eigenvalue weighted by molar-refractivity contribution is -0.141. The standard InChI is InChI=1S/C19H25N5O5/c1-10(19(28)29)23-18(27)15(24-17(26)13(20)6-7-16(21)25)8-11-9-22-14-5-3-2-4-12(11)14/h2-5,9-10,13,15,22H,6-8,20H2,1H3,(H2,21,25)(H,23,27)(H,24,26)(H,28,29)/t10-,13-,15-/m0/s1. The third kappa shape index (κ3) is 6.04. The molecular weight excluding hydrogens is 378 g/mol. The molecule has 3 amide bonds. The van der Waals surface area contributed by atoms with E-state index >= 15 is 0 Å². The molecule has 0 aliphatic heterocycles. The zero-order valence-corrected chi connectivity index (χ0v) is 16.0. The summed E-state index contributed by atoms with van der Waals surface area (Å²) < 4.78 is 0. The molecule has 0 radical (unpaired) electrons. The molecule has 29 heavy (non-hydrogen) atoms. The molecule has 0 saturated heterocycles. The van der Waals surface area contributed by atoms with E-state index in [-0.39, 0.29) is 19.3 Å². The number of nitrogens with one attached hydrogen (secondary N) is 3. The van der Waals surface area contributed by atoms with E-state index in [1.54, 1.807) is 6.20 Å². The number of hydrogen-bond donors (Lipinski definition) is 6. The molecule has 8 N–H and O–H groups in total. The quantitative estimate of drug-likeness (QED) is 0.307. The molecule has 10 nitrogen and oxygen atoms in total. The number of aliphatic carboxylic acids is 1. The summed E-state index contributed by atoms with van der Waals surface area (Å²) in [5, 5.41) is 14.8. The van der Waals surface area contributed by atoms with Crippen molar-refractivity contribution in [1.82, 2.24) is 15.6 Å². The van der Waals surface area contributed by atoms with Crippen LogP contribution in [0, 0.1) is 0 Å². The fourth-order valence-corrected chi connectivity index (χ4v) is 2.81. The first kappa shape index (κ1) is 21.9. The number of carbonyl (C=O) groups is 4. The lowest BCUT2D eigenvalue weighted by atomic mass is 10.0. The Kier molecular flexibility index (Phi) is 7.32. The zero-order valence-electron chi connectivity index (χ0n) is 16.0. The van der Waals surface area contributed by atoms with Gasteiger partial charge in [-0.25, -0.2) is 0 Å². The third-order valence-electron chi connectivity index (χ3n) is 4.50. The van der Waals surface area contributed by atoms with Gasteiger partial charge >= 0.3 is 5.97 Å². The van der Waals surface area contributed by atoms with Gasteiger partial charge in [-0.05, 0) is 25.0 Å².